The van der Waals surface area contributed by atoms with Crippen molar-refractivity contribution >= 4 is 17.7 Å². The summed E-state index contributed by atoms with van der Waals surface area (Å²) in [4.78, 5) is 11.5. The molecule has 94 valence electrons. The molecule has 0 radical (unpaired) electrons. The lowest BCUT2D eigenvalue weighted by atomic mass is 9.99. The molecule has 1 saturated heterocycles. The van der Waals surface area contributed by atoms with Crippen LogP contribution in [0, 0.1) is 0 Å². The minimum absolute atomic E-state index is 0.116. The van der Waals surface area contributed by atoms with E-state index in [4.69, 9.17) is 10.5 Å². The van der Waals surface area contributed by atoms with E-state index in [0.29, 0.717) is 13.0 Å². The number of nitrogens with one attached hydrogen (secondary N) is 1. The second kappa shape index (κ2) is 7.14. The first-order valence-corrected chi connectivity index (χ1v) is 7.04. The highest BCUT2D eigenvalue weighted by Gasteiger charge is 2.31. The number of carbonyl (C=O) groups is 1. The Morgan fingerprint density at radius 3 is 2.75 bits per heavy atom. The van der Waals surface area contributed by atoms with Crippen LogP contribution in [0.1, 0.15) is 25.7 Å². The largest absolute Gasteiger partial charge is 0.381 e. The molecule has 0 spiro atoms. The van der Waals surface area contributed by atoms with Crippen LogP contribution in [0.4, 0.5) is 0 Å². The van der Waals surface area contributed by atoms with Crippen molar-refractivity contribution in [3.8, 4) is 0 Å². The van der Waals surface area contributed by atoms with Crippen LogP contribution in [-0.4, -0.2) is 43.2 Å². The normalized spacial score (nSPS) is 19.4. The second-order valence-corrected chi connectivity index (χ2v) is 5.44. The molecule has 0 bridgehead atoms. The molecule has 1 amide bonds. The monoisotopic (exact) mass is 246 g/mol. The van der Waals surface area contributed by atoms with Gasteiger partial charge < -0.3 is 15.8 Å². The molecule has 1 heterocycles. The van der Waals surface area contributed by atoms with Crippen LogP contribution in [0.5, 0.6) is 0 Å². The number of rotatable bonds is 6. The van der Waals surface area contributed by atoms with Gasteiger partial charge in [-0.1, -0.05) is 0 Å². The van der Waals surface area contributed by atoms with Crippen molar-refractivity contribution in [2.24, 2.45) is 5.73 Å². The van der Waals surface area contributed by atoms with E-state index in [1.807, 2.05) is 11.8 Å². The predicted octanol–water partition coefficient (Wildman–Crippen LogP) is 0.754. The lowest BCUT2D eigenvalue weighted by molar-refractivity contribution is -0.121. The van der Waals surface area contributed by atoms with Crippen molar-refractivity contribution in [2.45, 2.75) is 30.4 Å². The van der Waals surface area contributed by atoms with Gasteiger partial charge in [0.2, 0.25) is 5.91 Å². The molecular weight excluding hydrogens is 224 g/mol. The van der Waals surface area contributed by atoms with Crippen molar-refractivity contribution in [1.82, 2.24) is 5.32 Å². The third kappa shape index (κ3) is 4.31. The number of hydrogen-bond donors (Lipinski definition) is 2. The van der Waals surface area contributed by atoms with Gasteiger partial charge in [-0.25, -0.2) is 0 Å². The molecule has 0 aromatic rings. The SMILES string of the molecule is CSC1(CNC(=O)CCCN)CCOCC1. The first-order valence-electron chi connectivity index (χ1n) is 5.82. The minimum atomic E-state index is 0.116. The highest BCUT2D eigenvalue weighted by atomic mass is 32.2. The van der Waals surface area contributed by atoms with Crippen LogP contribution in [0.2, 0.25) is 0 Å². The molecule has 4 nitrogen and oxygen atoms in total. The maximum atomic E-state index is 11.5. The Balaban J connectivity index is 2.30. The van der Waals surface area contributed by atoms with E-state index in [-0.39, 0.29) is 10.7 Å². The van der Waals surface area contributed by atoms with Gasteiger partial charge >= 0.3 is 0 Å². The van der Waals surface area contributed by atoms with Gasteiger partial charge in [0, 0.05) is 30.9 Å². The molecule has 1 fully saturated rings. The van der Waals surface area contributed by atoms with Gasteiger partial charge in [-0.15, -0.1) is 0 Å². The molecular formula is C11H22N2O2S. The molecule has 3 N–H and O–H groups in total. The number of nitrogens with two attached hydrogens (primary N) is 1. The molecule has 0 aromatic carbocycles. The highest BCUT2D eigenvalue weighted by molar-refractivity contribution is 8.00. The molecule has 16 heavy (non-hydrogen) atoms. The maximum absolute atomic E-state index is 11.5. The Bertz CT molecular complexity index is 218. The molecule has 1 aliphatic heterocycles. The Morgan fingerprint density at radius 1 is 1.50 bits per heavy atom. The van der Waals surface area contributed by atoms with Gasteiger partial charge in [0.05, 0.1) is 0 Å². The molecule has 0 aromatic heterocycles. The fourth-order valence-corrected chi connectivity index (χ4v) is 2.60. The third-order valence-corrected chi connectivity index (χ3v) is 4.47. The molecule has 1 rings (SSSR count). The summed E-state index contributed by atoms with van der Waals surface area (Å²) in [5.74, 6) is 0.116. The van der Waals surface area contributed by atoms with Crippen molar-refractivity contribution in [3.63, 3.8) is 0 Å². The summed E-state index contributed by atoms with van der Waals surface area (Å²) in [7, 11) is 0. The fraction of sp³-hybridized carbons (Fsp3) is 0.909. The number of amides is 1. The van der Waals surface area contributed by atoms with E-state index in [2.05, 4.69) is 11.6 Å². The van der Waals surface area contributed by atoms with Gasteiger partial charge in [0.15, 0.2) is 0 Å². The summed E-state index contributed by atoms with van der Waals surface area (Å²) in [5, 5.41) is 3.01. The lowest BCUT2D eigenvalue weighted by Crippen LogP contribution is -2.44. The van der Waals surface area contributed by atoms with E-state index in [1.165, 1.54) is 0 Å². The van der Waals surface area contributed by atoms with Gasteiger partial charge in [-0.3, -0.25) is 4.79 Å². The van der Waals surface area contributed by atoms with Crippen LogP contribution < -0.4 is 11.1 Å². The number of thioether (sulfide) groups is 1. The zero-order valence-electron chi connectivity index (χ0n) is 9.96. The predicted molar refractivity (Wildman–Crippen MR) is 67.6 cm³/mol. The Hall–Kier alpha value is -0.260. The molecule has 5 heteroatoms. The Kier molecular flexibility index (Phi) is 6.16. The first-order chi connectivity index (χ1) is 7.72. The summed E-state index contributed by atoms with van der Waals surface area (Å²) >= 11 is 1.84. The quantitative estimate of drug-likeness (QED) is 0.726. The van der Waals surface area contributed by atoms with Crippen molar-refractivity contribution in [3.05, 3.63) is 0 Å². The minimum Gasteiger partial charge on any atom is -0.381 e. The van der Waals surface area contributed by atoms with Crippen LogP contribution >= 0.6 is 11.8 Å². The average molecular weight is 246 g/mol. The molecule has 0 saturated carbocycles. The number of carbonyl (C=O) groups excluding carboxylic acids is 1. The van der Waals surface area contributed by atoms with E-state index < -0.39 is 0 Å². The van der Waals surface area contributed by atoms with Crippen molar-refractivity contribution < 1.29 is 9.53 Å². The molecule has 0 atom stereocenters. The van der Waals surface area contributed by atoms with Crippen molar-refractivity contribution in [2.75, 3.05) is 32.6 Å². The highest BCUT2D eigenvalue weighted by Crippen LogP contribution is 2.32. The smallest absolute Gasteiger partial charge is 0.220 e. The van der Waals surface area contributed by atoms with Crippen LogP contribution in [0.3, 0.4) is 0 Å². The van der Waals surface area contributed by atoms with E-state index >= 15 is 0 Å². The summed E-state index contributed by atoms with van der Waals surface area (Å²) in [6.45, 7) is 2.94. The van der Waals surface area contributed by atoms with E-state index in [0.717, 1.165) is 39.0 Å². The lowest BCUT2D eigenvalue weighted by Gasteiger charge is -2.35. The molecule has 1 aliphatic rings. The van der Waals surface area contributed by atoms with Gasteiger partial charge in [-0.2, -0.15) is 11.8 Å². The summed E-state index contributed by atoms with van der Waals surface area (Å²) in [6.07, 6.45) is 5.45. The first kappa shape index (κ1) is 13.8. The zero-order valence-corrected chi connectivity index (χ0v) is 10.8. The fourth-order valence-electron chi connectivity index (χ4n) is 1.81. The standard InChI is InChI=1S/C11H22N2O2S/c1-16-11(4-7-15-8-5-11)9-13-10(14)3-2-6-12/h2-9,12H2,1H3,(H,13,14). The second-order valence-electron chi connectivity index (χ2n) is 4.17. The van der Waals surface area contributed by atoms with E-state index in [1.54, 1.807) is 0 Å². The number of hydrogen-bond acceptors (Lipinski definition) is 4. The Labute approximate surface area is 102 Å². The molecule has 0 unspecified atom stereocenters. The van der Waals surface area contributed by atoms with Crippen LogP contribution in [-0.2, 0) is 9.53 Å². The van der Waals surface area contributed by atoms with Gasteiger partial charge in [-0.05, 0) is 32.1 Å². The third-order valence-electron chi connectivity index (χ3n) is 3.05. The van der Waals surface area contributed by atoms with Crippen molar-refractivity contribution in [1.29, 1.82) is 0 Å². The summed E-state index contributed by atoms with van der Waals surface area (Å²) < 4.78 is 5.53. The number of ether oxygens (including phenoxy) is 1. The summed E-state index contributed by atoms with van der Waals surface area (Å²) in [6, 6.07) is 0. The average Bonchev–Trinajstić information content (AvgIpc) is 2.35. The van der Waals surface area contributed by atoms with Gasteiger partial charge in [0.1, 0.15) is 0 Å². The summed E-state index contributed by atoms with van der Waals surface area (Å²) in [5.41, 5.74) is 5.37. The van der Waals surface area contributed by atoms with Crippen LogP contribution in [0.15, 0.2) is 0 Å². The van der Waals surface area contributed by atoms with E-state index in [9.17, 15) is 4.79 Å². The zero-order chi connectivity index (χ0) is 11.9. The maximum Gasteiger partial charge on any atom is 0.220 e. The topological polar surface area (TPSA) is 64.4 Å². The molecule has 0 aliphatic carbocycles. The Morgan fingerprint density at radius 2 is 2.19 bits per heavy atom. The van der Waals surface area contributed by atoms with Crippen LogP contribution in [0.25, 0.3) is 0 Å². The van der Waals surface area contributed by atoms with Gasteiger partial charge in [0.25, 0.3) is 0 Å².